The predicted molar refractivity (Wildman–Crippen MR) is 260 cm³/mol. The maximum atomic E-state index is 14.0. The molecule has 0 saturated carbocycles. The van der Waals surface area contributed by atoms with Crippen molar-refractivity contribution < 1.29 is 9.21 Å². The maximum absolute atomic E-state index is 14.0. The molecule has 4 nitrogen and oxygen atoms in total. The summed E-state index contributed by atoms with van der Waals surface area (Å²) in [6, 6.07) is 64.9. The number of nitrogens with zero attached hydrogens (tertiary/aromatic N) is 2. The van der Waals surface area contributed by atoms with E-state index in [1.165, 1.54) is 21.9 Å². The monoisotopic (exact) mass is 794 g/mol. The van der Waals surface area contributed by atoms with Crippen LogP contribution in [0.4, 0.5) is 5.69 Å². The van der Waals surface area contributed by atoms with E-state index in [0.29, 0.717) is 5.56 Å². The number of furan rings is 1. The zero-order chi connectivity index (χ0) is 42.3. The zero-order valence-corrected chi connectivity index (χ0v) is 35.5. The van der Waals surface area contributed by atoms with Crippen LogP contribution in [0.1, 0.15) is 44.5 Å². The number of anilines is 1. The molecule has 8 aromatic carbocycles. The molecule has 0 aliphatic heterocycles. The third kappa shape index (κ3) is 8.13. The lowest BCUT2D eigenvalue weighted by molar-refractivity contribution is 0.0993. The van der Waals surface area contributed by atoms with Crippen molar-refractivity contribution in [2.45, 2.75) is 34.1 Å². The van der Waals surface area contributed by atoms with Crippen LogP contribution in [0.5, 0.6) is 0 Å². The summed E-state index contributed by atoms with van der Waals surface area (Å²) in [6.45, 7) is 8.16. The lowest BCUT2D eigenvalue weighted by Crippen LogP contribution is -2.26. The van der Waals surface area contributed by atoms with Crippen molar-refractivity contribution in [3.05, 3.63) is 206 Å². The van der Waals surface area contributed by atoms with Gasteiger partial charge in [0, 0.05) is 45.5 Å². The molecule has 0 saturated heterocycles. The standard InChI is InChI=1S/C50H34N2O2.C5H10.C2H6/c1-51(50(53)39-19-11-18-37(29-39)36-17-10-16-35(28-36)33-12-4-2-5-13-33)40-23-26-48-44(31-40)45-32-41(24-27-49(45)54-48)52-46-21-9-8-20-42(46)43-30-38(22-25-47(43)52)34-14-6-3-7-15-34;1-3-5-4-2;1-2/h2-32H,1H3;3,5H,4H2,1-2H3;1-2H3/b;5-3-;. The van der Waals surface area contributed by atoms with Crippen LogP contribution in [0.15, 0.2) is 205 Å². The first-order valence-electron chi connectivity index (χ1n) is 21.2. The Labute approximate surface area is 358 Å². The molecule has 4 heteroatoms. The second kappa shape index (κ2) is 18.2. The number of hydrogen-bond acceptors (Lipinski definition) is 2. The topological polar surface area (TPSA) is 38.4 Å². The van der Waals surface area contributed by atoms with Gasteiger partial charge in [0.05, 0.1) is 11.0 Å². The lowest BCUT2D eigenvalue weighted by Gasteiger charge is -2.18. The predicted octanol–water partition coefficient (Wildman–Crippen LogP) is 16.0. The van der Waals surface area contributed by atoms with Crippen molar-refractivity contribution in [2.75, 3.05) is 11.9 Å². The van der Waals surface area contributed by atoms with Gasteiger partial charge in [0.15, 0.2) is 0 Å². The number of hydrogen-bond donors (Lipinski definition) is 0. The van der Waals surface area contributed by atoms with E-state index < -0.39 is 0 Å². The van der Waals surface area contributed by atoms with Gasteiger partial charge in [-0.05, 0) is 120 Å². The number of carbonyl (C=O) groups is 1. The van der Waals surface area contributed by atoms with Crippen LogP contribution in [0, 0.1) is 0 Å². The summed E-state index contributed by atoms with van der Waals surface area (Å²) in [5.74, 6) is -0.0796. The smallest absolute Gasteiger partial charge is 0.258 e. The lowest BCUT2D eigenvalue weighted by atomic mass is 9.98. The Morgan fingerprint density at radius 2 is 1.08 bits per heavy atom. The molecule has 10 rings (SSSR count). The minimum absolute atomic E-state index is 0.0796. The highest BCUT2D eigenvalue weighted by Crippen LogP contribution is 2.38. The highest BCUT2D eigenvalue weighted by molar-refractivity contribution is 6.13. The van der Waals surface area contributed by atoms with Gasteiger partial charge in [0.2, 0.25) is 0 Å². The molecule has 300 valence electrons. The van der Waals surface area contributed by atoms with Crippen LogP contribution in [0.2, 0.25) is 0 Å². The van der Waals surface area contributed by atoms with Gasteiger partial charge in [-0.2, -0.15) is 0 Å². The van der Waals surface area contributed by atoms with Crippen LogP contribution < -0.4 is 4.90 Å². The van der Waals surface area contributed by atoms with Crippen LogP contribution in [0.3, 0.4) is 0 Å². The number of benzene rings is 8. The highest BCUT2D eigenvalue weighted by atomic mass is 16.3. The third-order valence-corrected chi connectivity index (χ3v) is 11.1. The molecule has 2 heterocycles. The van der Waals surface area contributed by atoms with Crippen molar-refractivity contribution >= 4 is 55.3 Å². The largest absolute Gasteiger partial charge is 0.456 e. The summed E-state index contributed by atoms with van der Waals surface area (Å²) < 4.78 is 8.67. The van der Waals surface area contributed by atoms with Crippen LogP contribution in [-0.4, -0.2) is 17.5 Å². The van der Waals surface area contributed by atoms with Crippen molar-refractivity contribution in [2.24, 2.45) is 0 Å². The minimum atomic E-state index is -0.0796. The summed E-state index contributed by atoms with van der Waals surface area (Å²) in [4.78, 5) is 15.7. The van der Waals surface area contributed by atoms with Gasteiger partial charge in [-0.1, -0.05) is 148 Å². The quantitative estimate of drug-likeness (QED) is 0.151. The SMILES string of the molecule is C/C=C\CC.CC.CN(C(=O)c1cccc(-c2cccc(-c3ccccc3)c2)c1)c1ccc2oc3ccc(-n4c5ccccc5c5cc(-c6ccccc6)ccc54)cc3c2c1. The molecule has 0 unspecified atom stereocenters. The molecule has 0 aliphatic carbocycles. The van der Waals surface area contributed by atoms with Crippen molar-refractivity contribution in [3.8, 4) is 39.1 Å². The van der Waals surface area contributed by atoms with Gasteiger partial charge in [-0.15, -0.1) is 0 Å². The van der Waals surface area contributed by atoms with Crippen molar-refractivity contribution in [3.63, 3.8) is 0 Å². The van der Waals surface area contributed by atoms with Gasteiger partial charge >= 0.3 is 0 Å². The van der Waals surface area contributed by atoms with E-state index in [1.54, 1.807) is 4.90 Å². The number of aromatic nitrogens is 1. The molecule has 2 aromatic heterocycles. The second-order valence-corrected chi connectivity index (χ2v) is 14.8. The molecular weight excluding hydrogens is 745 g/mol. The molecule has 0 fully saturated rings. The molecule has 1 amide bonds. The van der Waals surface area contributed by atoms with E-state index in [4.69, 9.17) is 4.42 Å². The van der Waals surface area contributed by atoms with Crippen molar-refractivity contribution in [1.29, 1.82) is 0 Å². The first kappa shape index (κ1) is 40.4. The number of rotatable bonds is 7. The van der Waals surface area contributed by atoms with Gasteiger partial charge in [-0.25, -0.2) is 0 Å². The van der Waals surface area contributed by atoms with Crippen LogP contribution >= 0.6 is 0 Å². The van der Waals surface area contributed by atoms with Gasteiger partial charge < -0.3 is 13.9 Å². The summed E-state index contributed by atoms with van der Waals surface area (Å²) in [7, 11) is 1.84. The van der Waals surface area contributed by atoms with E-state index in [-0.39, 0.29) is 5.91 Å². The third-order valence-electron chi connectivity index (χ3n) is 11.1. The summed E-state index contributed by atoms with van der Waals surface area (Å²) >= 11 is 0. The first-order chi connectivity index (χ1) is 30.0. The average molecular weight is 795 g/mol. The summed E-state index contributed by atoms with van der Waals surface area (Å²) in [6.07, 6.45) is 5.34. The summed E-state index contributed by atoms with van der Waals surface area (Å²) in [5, 5.41) is 4.37. The maximum Gasteiger partial charge on any atom is 0.258 e. The van der Waals surface area contributed by atoms with E-state index in [0.717, 1.165) is 73.0 Å². The Balaban J connectivity index is 0.000000687. The Hall–Kier alpha value is -7.43. The molecule has 0 N–H and O–H groups in total. The average Bonchev–Trinajstić information content (AvgIpc) is 3.87. The second-order valence-electron chi connectivity index (χ2n) is 14.8. The van der Waals surface area contributed by atoms with E-state index in [2.05, 4.69) is 163 Å². The zero-order valence-electron chi connectivity index (χ0n) is 35.5. The molecular formula is C57H50N2O2. The first-order valence-corrected chi connectivity index (χ1v) is 21.2. The normalized spacial score (nSPS) is 11.1. The Kier molecular flexibility index (Phi) is 12.1. The minimum Gasteiger partial charge on any atom is -0.456 e. The fraction of sp³-hybridized carbons (Fsp3) is 0.105. The molecule has 0 atom stereocenters. The molecule has 0 bridgehead atoms. The molecule has 0 radical (unpaired) electrons. The number of para-hydroxylation sites is 1. The van der Waals surface area contributed by atoms with E-state index in [9.17, 15) is 4.79 Å². The Morgan fingerprint density at radius 1 is 0.525 bits per heavy atom. The van der Waals surface area contributed by atoms with Gasteiger partial charge in [-0.3, -0.25) is 4.79 Å². The number of allylic oxidation sites excluding steroid dienone is 2. The Morgan fingerprint density at radius 3 is 1.75 bits per heavy atom. The van der Waals surface area contributed by atoms with E-state index in [1.807, 2.05) is 76.3 Å². The Bertz CT molecular complexity index is 3130. The summed E-state index contributed by atoms with van der Waals surface area (Å²) in [5.41, 5.74) is 13.1. The number of amides is 1. The molecule has 0 spiro atoms. The van der Waals surface area contributed by atoms with Gasteiger partial charge in [0.1, 0.15) is 11.2 Å². The van der Waals surface area contributed by atoms with E-state index >= 15 is 0 Å². The molecule has 10 aromatic rings. The van der Waals surface area contributed by atoms with Crippen LogP contribution in [-0.2, 0) is 0 Å². The van der Waals surface area contributed by atoms with Crippen LogP contribution in [0.25, 0.3) is 82.8 Å². The molecule has 0 aliphatic rings. The molecule has 61 heavy (non-hydrogen) atoms. The van der Waals surface area contributed by atoms with Crippen molar-refractivity contribution in [1.82, 2.24) is 4.57 Å². The number of fused-ring (bicyclic) bond motifs is 6. The van der Waals surface area contributed by atoms with Gasteiger partial charge in [0.25, 0.3) is 5.91 Å². The fourth-order valence-electron chi connectivity index (χ4n) is 8.05. The fourth-order valence-corrected chi connectivity index (χ4v) is 8.05. The highest BCUT2D eigenvalue weighted by Gasteiger charge is 2.19. The number of carbonyl (C=O) groups excluding carboxylic acids is 1.